The molecule has 5 N–H and O–H groups in total. The molecular weight excluding hydrogens is 292 g/mol. The summed E-state index contributed by atoms with van der Waals surface area (Å²) in [5.74, 6) is 5.65. The van der Waals surface area contributed by atoms with E-state index in [1.807, 2.05) is 37.3 Å². The summed E-state index contributed by atoms with van der Waals surface area (Å²) in [7, 11) is 0. The van der Waals surface area contributed by atoms with E-state index in [2.05, 4.69) is 26.3 Å². The summed E-state index contributed by atoms with van der Waals surface area (Å²) in [6, 6.07) is 9.49. The molecule has 0 bridgehead atoms. The Morgan fingerprint density at radius 2 is 2.06 bits per heavy atom. The maximum absolute atomic E-state index is 6.00. The molecule has 2 aromatic rings. The van der Waals surface area contributed by atoms with Crippen LogP contribution in [0.2, 0.25) is 0 Å². The van der Waals surface area contributed by atoms with Crippen molar-refractivity contribution in [3.63, 3.8) is 0 Å². The number of rotatable bonds is 3. The molecule has 1 unspecified atom stereocenters. The SMILES string of the molecule is Cc1ccc(C(NN)c2cc(Br)ccc2N)cn1. The van der Waals surface area contributed by atoms with Gasteiger partial charge in [-0.05, 0) is 42.3 Å². The zero-order chi connectivity index (χ0) is 13.1. The molecule has 0 fully saturated rings. The van der Waals surface area contributed by atoms with Gasteiger partial charge in [-0.15, -0.1) is 0 Å². The number of halogens is 1. The van der Waals surface area contributed by atoms with E-state index >= 15 is 0 Å². The van der Waals surface area contributed by atoms with Gasteiger partial charge in [0.2, 0.25) is 0 Å². The minimum Gasteiger partial charge on any atom is -0.398 e. The van der Waals surface area contributed by atoms with E-state index in [0.29, 0.717) is 5.69 Å². The number of hydrazine groups is 1. The summed E-state index contributed by atoms with van der Waals surface area (Å²) in [6.07, 6.45) is 1.81. The third-order valence-corrected chi connectivity index (χ3v) is 3.29. The topological polar surface area (TPSA) is 77.0 Å². The van der Waals surface area contributed by atoms with E-state index in [-0.39, 0.29) is 6.04 Å². The van der Waals surface area contributed by atoms with Crippen molar-refractivity contribution in [3.05, 3.63) is 57.8 Å². The van der Waals surface area contributed by atoms with Crippen LogP contribution in [0, 0.1) is 6.92 Å². The Morgan fingerprint density at radius 3 is 2.67 bits per heavy atom. The van der Waals surface area contributed by atoms with Gasteiger partial charge < -0.3 is 5.73 Å². The van der Waals surface area contributed by atoms with Crippen molar-refractivity contribution in [1.82, 2.24) is 10.4 Å². The fourth-order valence-corrected chi connectivity index (χ4v) is 2.19. The summed E-state index contributed by atoms with van der Waals surface area (Å²) in [5.41, 5.74) is 12.4. The number of benzene rings is 1. The van der Waals surface area contributed by atoms with Crippen LogP contribution in [0.15, 0.2) is 41.0 Å². The van der Waals surface area contributed by atoms with Gasteiger partial charge in [-0.25, -0.2) is 5.43 Å². The van der Waals surface area contributed by atoms with E-state index in [1.54, 1.807) is 6.20 Å². The number of hydrogen-bond acceptors (Lipinski definition) is 4. The summed E-state index contributed by atoms with van der Waals surface area (Å²) >= 11 is 3.44. The first-order chi connectivity index (χ1) is 8.61. The van der Waals surface area contributed by atoms with Crippen molar-refractivity contribution < 1.29 is 0 Å². The van der Waals surface area contributed by atoms with Crippen LogP contribution in [0.3, 0.4) is 0 Å². The molecule has 1 aromatic heterocycles. The highest BCUT2D eigenvalue weighted by molar-refractivity contribution is 9.10. The molecule has 0 amide bonds. The van der Waals surface area contributed by atoms with Gasteiger partial charge in [-0.3, -0.25) is 10.8 Å². The van der Waals surface area contributed by atoms with E-state index in [9.17, 15) is 0 Å². The van der Waals surface area contributed by atoms with Crippen LogP contribution in [-0.4, -0.2) is 4.98 Å². The second-order valence-corrected chi connectivity index (χ2v) is 5.02. The molecule has 0 radical (unpaired) electrons. The minimum atomic E-state index is -0.171. The van der Waals surface area contributed by atoms with Crippen molar-refractivity contribution >= 4 is 21.6 Å². The van der Waals surface area contributed by atoms with Crippen LogP contribution in [0.4, 0.5) is 5.69 Å². The molecule has 94 valence electrons. The predicted octanol–water partition coefficient (Wildman–Crippen LogP) is 2.29. The highest BCUT2D eigenvalue weighted by Crippen LogP contribution is 2.28. The lowest BCUT2D eigenvalue weighted by molar-refractivity contribution is 0.635. The quantitative estimate of drug-likeness (QED) is 0.462. The molecule has 1 atom stereocenters. The second-order valence-electron chi connectivity index (χ2n) is 4.11. The van der Waals surface area contributed by atoms with Gasteiger partial charge >= 0.3 is 0 Å². The average molecular weight is 307 g/mol. The number of aromatic nitrogens is 1. The fourth-order valence-electron chi connectivity index (χ4n) is 1.81. The first-order valence-electron chi connectivity index (χ1n) is 5.55. The molecule has 1 aromatic carbocycles. The number of pyridine rings is 1. The molecule has 0 saturated heterocycles. The maximum atomic E-state index is 6.00. The minimum absolute atomic E-state index is 0.171. The molecule has 4 nitrogen and oxygen atoms in total. The van der Waals surface area contributed by atoms with Crippen LogP contribution in [-0.2, 0) is 0 Å². The standard InChI is InChI=1S/C13H15BrN4/c1-8-2-3-9(7-17-8)13(18-16)11-6-10(14)4-5-12(11)15/h2-7,13,18H,15-16H2,1H3. The number of nitrogens with one attached hydrogen (secondary N) is 1. The molecule has 0 spiro atoms. The average Bonchev–Trinajstić information content (AvgIpc) is 2.37. The number of nitrogens with two attached hydrogens (primary N) is 2. The van der Waals surface area contributed by atoms with Crippen LogP contribution in [0.25, 0.3) is 0 Å². The number of nitrogens with zero attached hydrogens (tertiary/aromatic N) is 1. The van der Waals surface area contributed by atoms with E-state index < -0.39 is 0 Å². The van der Waals surface area contributed by atoms with Gasteiger partial charge in [0, 0.05) is 22.1 Å². The number of nitrogen functional groups attached to an aromatic ring is 1. The number of hydrogen-bond donors (Lipinski definition) is 3. The predicted molar refractivity (Wildman–Crippen MR) is 76.7 cm³/mol. The van der Waals surface area contributed by atoms with Crippen molar-refractivity contribution in [3.8, 4) is 0 Å². The molecule has 1 heterocycles. The first kappa shape index (κ1) is 13.0. The smallest absolute Gasteiger partial charge is 0.0745 e. The van der Waals surface area contributed by atoms with Crippen LogP contribution < -0.4 is 17.0 Å². The highest BCUT2D eigenvalue weighted by Gasteiger charge is 2.15. The van der Waals surface area contributed by atoms with Crippen molar-refractivity contribution in [2.24, 2.45) is 5.84 Å². The Hall–Kier alpha value is -1.43. The second kappa shape index (κ2) is 5.48. The Kier molecular flexibility index (Phi) is 3.96. The zero-order valence-electron chi connectivity index (χ0n) is 10.0. The largest absolute Gasteiger partial charge is 0.398 e. The molecule has 0 aliphatic heterocycles. The van der Waals surface area contributed by atoms with Crippen molar-refractivity contribution in [2.75, 3.05) is 5.73 Å². The van der Waals surface area contributed by atoms with Gasteiger partial charge in [0.1, 0.15) is 0 Å². The summed E-state index contributed by atoms with van der Waals surface area (Å²) in [4.78, 5) is 4.28. The zero-order valence-corrected chi connectivity index (χ0v) is 11.6. The number of aryl methyl sites for hydroxylation is 1. The molecule has 18 heavy (non-hydrogen) atoms. The van der Waals surface area contributed by atoms with E-state index in [1.165, 1.54) is 0 Å². The molecule has 0 saturated carbocycles. The Morgan fingerprint density at radius 1 is 1.28 bits per heavy atom. The lowest BCUT2D eigenvalue weighted by Gasteiger charge is -2.18. The molecule has 5 heteroatoms. The fraction of sp³-hybridized carbons (Fsp3) is 0.154. The van der Waals surface area contributed by atoms with Gasteiger partial charge in [0.15, 0.2) is 0 Å². The molecular formula is C13H15BrN4. The number of anilines is 1. The van der Waals surface area contributed by atoms with Gasteiger partial charge in [-0.1, -0.05) is 22.0 Å². The lowest BCUT2D eigenvalue weighted by Crippen LogP contribution is -2.29. The maximum Gasteiger partial charge on any atom is 0.0745 e. The Labute approximate surface area is 115 Å². The molecule has 2 rings (SSSR count). The van der Waals surface area contributed by atoms with Crippen LogP contribution in [0.1, 0.15) is 22.9 Å². The summed E-state index contributed by atoms with van der Waals surface area (Å²) in [5, 5.41) is 0. The highest BCUT2D eigenvalue weighted by atomic mass is 79.9. The third-order valence-electron chi connectivity index (χ3n) is 2.79. The first-order valence-corrected chi connectivity index (χ1v) is 6.34. The normalized spacial score (nSPS) is 12.4. The third kappa shape index (κ3) is 2.69. The van der Waals surface area contributed by atoms with Crippen LogP contribution in [0.5, 0.6) is 0 Å². The van der Waals surface area contributed by atoms with Crippen molar-refractivity contribution in [1.29, 1.82) is 0 Å². The molecule has 0 aliphatic carbocycles. The Bertz CT molecular complexity index is 539. The van der Waals surface area contributed by atoms with Crippen LogP contribution >= 0.6 is 15.9 Å². The monoisotopic (exact) mass is 306 g/mol. The summed E-state index contributed by atoms with van der Waals surface area (Å²) in [6.45, 7) is 1.95. The van der Waals surface area contributed by atoms with Crippen molar-refractivity contribution in [2.45, 2.75) is 13.0 Å². The summed E-state index contributed by atoms with van der Waals surface area (Å²) < 4.78 is 0.965. The van der Waals surface area contributed by atoms with Gasteiger partial charge in [0.25, 0.3) is 0 Å². The van der Waals surface area contributed by atoms with E-state index in [0.717, 1.165) is 21.3 Å². The van der Waals surface area contributed by atoms with Gasteiger partial charge in [0.05, 0.1) is 6.04 Å². The Balaban J connectivity index is 2.44. The lowest BCUT2D eigenvalue weighted by atomic mass is 9.99. The van der Waals surface area contributed by atoms with Gasteiger partial charge in [-0.2, -0.15) is 0 Å². The van der Waals surface area contributed by atoms with E-state index in [4.69, 9.17) is 11.6 Å². The molecule has 0 aliphatic rings.